The molecule has 0 spiro atoms. The van der Waals surface area contributed by atoms with Crippen molar-refractivity contribution >= 4 is 0 Å². The molecule has 1 unspecified atom stereocenters. The van der Waals surface area contributed by atoms with E-state index >= 15 is 0 Å². The van der Waals surface area contributed by atoms with Gasteiger partial charge in [0.25, 0.3) is 0 Å². The van der Waals surface area contributed by atoms with Gasteiger partial charge < -0.3 is 14.4 Å². The molecule has 1 atom stereocenters. The Morgan fingerprint density at radius 1 is 1.38 bits per heavy atom. The molecular formula is C15H19FN2O3. The Morgan fingerprint density at radius 3 is 2.81 bits per heavy atom. The van der Waals surface area contributed by atoms with Crippen molar-refractivity contribution in [3.63, 3.8) is 0 Å². The van der Waals surface area contributed by atoms with Crippen molar-refractivity contribution in [3.05, 3.63) is 29.9 Å². The van der Waals surface area contributed by atoms with Crippen molar-refractivity contribution in [1.82, 2.24) is 10.1 Å². The largest absolute Gasteiger partial charge is 0.494 e. The van der Waals surface area contributed by atoms with E-state index in [-0.39, 0.29) is 5.75 Å². The lowest BCUT2D eigenvalue weighted by molar-refractivity contribution is 0.138. The Bertz CT molecular complexity index is 598. The SMILES string of the molecule is COc1cc(-c2noc(CC(O)CC(C)C)n2)ccc1F. The number of nitrogens with zero attached hydrogens (tertiary/aromatic N) is 2. The molecule has 114 valence electrons. The van der Waals surface area contributed by atoms with Crippen LogP contribution >= 0.6 is 0 Å². The molecule has 0 saturated heterocycles. The fourth-order valence-electron chi connectivity index (χ4n) is 2.08. The van der Waals surface area contributed by atoms with Gasteiger partial charge in [0.05, 0.1) is 19.6 Å². The first-order valence-corrected chi connectivity index (χ1v) is 6.84. The molecule has 2 rings (SSSR count). The fraction of sp³-hybridized carbons (Fsp3) is 0.467. The van der Waals surface area contributed by atoms with Crippen LogP contribution in [0.15, 0.2) is 22.7 Å². The monoisotopic (exact) mass is 294 g/mol. The van der Waals surface area contributed by atoms with Crippen LogP contribution in [-0.4, -0.2) is 28.5 Å². The van der Waals surface area contributed by atoms with Crippen molar-refractivity contribution < 1.29 is 18.8 Å². The van der Waals surface area contributed by atoms with Crippen LogP contribution in [0.3, 0.4) is 0 Å². The van der Waals surface area contributed by atoms with Crippen LogP contribution in [0.5, 0.6) is 5.75 Å². The maximum Gasteiger partial charge on any atom is 0.229 e. The zero-order valence-corrected chi connectivity index (χ0v) is 12.3. The molecule has 2 aromatic rings. The van der Waals surface area contributed by atoms with Crippen LogP contribution in [0, 0.1) is 11.7 Å². The van der Waals surface area contributed by atoms with Gasteiger partial charge in [-0.1, -0.05) is 19.0 Å². The van der Waals surface area contributed by atoms with E-state index in [2.05, 4.69) is 10.1 Å². The molecule has 0 saturated carbocycles. The molecular weight excluding hydrogens is 275 g/mol. The van der Waals surface area contributed by atoms with Crippen molar-refractivity contribution in [1.29, 1.82) is 0 Å². The van der Waals surface area contributed by atoms with Crippen molar-refractivity contribution in [2.75, 3.05) is 7.11 Å². The van der Waals surface area contributed by atoms with Crippen LogP contribution in [-0.2, 0) is 6.42 Å². The first-order chi connectivity index (χ1) is 9.99. The maximum atomic E-state index is 13.4. The minimum absolute atomic E-state index is 0.124. The summed E-state index contributed by atoms with van der Waals surface area (Å²) in [6, 6.07) is 4.35. The Morgan fingerprint density at radius 2 is 2.14 bits per heavy atom. The summed E-state index contributed by atoms with van der Waals surface area (Å²) in [6.45, 7) is 4.07. The van der Waals surface area contributed by atoms with Crippen LogP contribution < -0.4 is 4.74 Å². The lowest BCUT2D eigenvalue weighted by Gasteiger charge is -2.09. The number of methoxy groups -OCH3 is 1. The highest BCUT2D eigenvalue weighted by Gasteiger charge is 2.15. The minimum atomic E-state index is -0.513. The molecule has 0 amide bonds. The third-order valence-corrected chi connectivity index (χ3v) is 3.03. The summed E-state index contributed by atoms with van der Waals surface area (Å²) < 4.78 is 23.4. The second-order valence-corrected chi connectivity index (χ2v) is 5.35. The predicted molar refractivity (Wildman–Crippen MR) is 75.4 cm³/mol. The summed E-state index contributed by atoms with van der Waals surface area (Å²) in [5.74, 6) is 0.779. The smallest absolute Gasteiger partial charge is 0.229 e. The van der Waals surface area contributed by atoms with Gasteiger partial charge in [-0.25, -0.2) is 4.39 Å². The minimum Gasteiger partial charge on any atom is -0.494 e. The molecule has 0 radical (unpaired) electrons. The first kappa shape index (κ1) is 15.4. The molecule has 1 heterocycles. The summed E-state index contributed by atoms with van der Waals surface area (Å²) in [5.41, 5.74) is 0.599. The van der Waals surface area contributed by atoms with Gasteiger partial charge in [0, 0.05) is 5.56 Å². The molecule has 21 heavy (non-hydrogen) atoms. The Hall–Kier alpha value is -1.95. The van der Waals surface area contributed by atoms with Gasteiger partial charge in [-0.15, -0.1) is 0 Å². The van der Waals surface area contributed by atoms with Gasteiger partial charge >= 0.3 is 0 Å². The fourth-order valence-corrected chi connectivity index (χ4v) is 2.08. The molecule has 0 fully saturated rings. The third-order valence-electron chi connectivity index (χ3n) is 3.03. The van der Waals surface area contributed by atoms with Crippen LogP contribution in [0.25, 0.3) is 11.4 Å². The number of ether oxygens (including phenoxy) is 1. The van der Waals surface area contributed by atoms with E-state index in [4.69, 9.17) is 9.26 Å². The number of aliphatic hydroxyl groups excluding tert-OH is 1. The highest BCUT2D eigenvalue weighted by molar-refractivity contribution is 5.57. The second-order valence-electron chi connectivity index (χ2n) is 5.35. The molecule has 0 aliphatic rings. The van der Waals surface area contributed by atoms with Gasteiger partial charge in [-0.05, 0) is 30.5 Å². The van der Waals surface area contributed by atoms with Crippen molar-refractivity contribution in [2.24, 2.45) is 5.92 Å². The zero-order chi connectivity index (χ0) is 15.4. The number of hydrogen-bond donors (Lipinski definition) is 1. The summed E-state index contributed by atoms with van der Waals surface area (Å²) in [4.78, 5) is 4.22. The second kappa shape index (κ2) is 6.67. The average Bonchev–Trinajstić information content (AvgIpc) is 2.86. The van der Waals surface area contributed by atoms with E-state index in [1.54, 1.807) is 6.07 Å². The highest BCUT2D eigenvalue weighted by atomic mass is 19.1. The van der Waals surface area contributed by atoms with E-state index in [0.717, 1.165) is 0 Å². The summed E-state index contributed by atoms with van der Waals surface area (Å²) in [7, 11) is 1.39. The predicted octanol–water partition coefficient (Wildman–Crippen LogP) is 2.83. The molecule has 0 aliphatic carbocycles. The van der Waals surface area contributed by atoms with E-state index in [9.17, 15) is 9.50 Å². The van der Waals surface area contributed by atoms with Gasteiger partial charge in [-0.3, -0.25) is 0 Å². The molecule has 0 bridgehead atoms. The van der Waals surface area contributed by atoms with E-state index < -0.39 is 11.9 Å². The van der Waals surface area contributed by atoms with E-state index in [1.165, 1.54) is 19.2 Å². The normalized spacial score (nSPS) is 12.7. The number of hydrogen-bond acceptors (Lipinski definition) is 5. The first-order valence-electron chi connectivity index (χ1n) is 6.84. The molecule has 6 heteroatoms. The average molecular weight is 294 g/mol. The summed E-state index contributed by atoms with van der Waals surface area (Å²) in [6.07, 6.45) is 0.465. The van der Waals surface area contributed by atoms with Crippen LogP contribution in [0.1, 0.15) is 26.2 Å². The lowest BCUT2D eigenvalue weighted by atomic mass is 10.0. The molecule has 1 aromatic heterocycles. The van der Waals surface area contributed by atoms with Gasteiger partial charge in [0.15, 0.2) is 11.6 Å². The maximum absolute atomic E-state index is 13.4. The number of halogens is 1. The van der Waals surface area contributed by atoms with E-state index in [0.29, 0.717) is 36.0 Å². The molecule has 1 aromatic carbocycles. The van der Waals surface area contributed by atoms with Gasteiger partial charge in [0.1, 0.15) is 0 Å². The number of benzene rings is 1. The quantitative estimate of drug-likeness (QED) is 0.887. The standard InChI is InChI=1S/C15H19FN2O3/c1-9(2)6-11(19)8-14-17-15(18-21-14)10-4-5-12(16)13(7-10)20-3/h4-5,7,9,11,19H,6,8H2,1-3H3. The molecule has 1 N–H and O–H groups in total. The van der Waals surface area contributed by atoms with Gasteiger partial charge in [-0.2, -0.15) is 4.98 Å². The number of aliphatic hydroxyl groups is 1. The number of rotatable bonds is 6. The molecule has 5 nitrogen and oxygen atoms in total. The van der Waals surface area contributed by atoms with Crippen LogP contribution in [0.2, 0.25) is 0 Å². The zero-order valence-electron chi connectivity index (χ0n) is 12.3. The van der Waals surface area contributed by atoms with E-state index in [1.807, 2.05) is 13.8 Å². The topological polar surface area (TPSA) is 68.4 Å². The Labute approximate surface area is 122 Å². The Kier molecular flexibility index (Phi) is 4.90. The van der Waals surface area contributed by atoms with Crippen molar-refractivity contribution in [3.8, 4) is 17.1 Å². The summed E-state index contributed by atoms with van der Waals surface area (Å²) >= 11 is 0. The van der Waals surface area contributed by atoms with Crippen molar-refractivity contribution in [2.45, 2.75) is 32.8 Å². The lowest BCUT2D eigenvalue weighted by Crippen LogP contribution is -2.13. The number of aromatic nitrogens is 2. The van der Waals surface area contributed by atoms with Gasteiger partial charge in [0.2, 0.25) is 11.7 Å². The summed E-state index contributed by atoms with van der Waals surface area (Å²) in [5, 5.41) is 13.7. The highest BCUT2D eigenvalue weighted by Crippen LogP contribution is 2.24. The van der Waals surface area contributed by atoms with Crippen LogP contribution in [0.4, 0.5) is 4.39 Å². The molecule has 0 aliphatic heterocycles. The third kappa shape index (κ3) is 4.01. The Balaban J connectivity index is 2.12.